The highest BCUT2D eigenvalue weighted by Gasteiger charge is 2.25. The first-order valence-electron chi connectivity index (χ1n) is 8.70. The molecular formula is C19H22N4O3S. The van der Waals surface area contributed by atoms with E-state index < -0.39 is 15.9 Å². The number of aryl methyl sites for hydroxylation is 1. The van der Waals surface area contributed by atoms with Crippen LogP contribution >= 0.6 is 0 Å². The molecule has 2 aromatic heterocycles. The van der Waals surface area contributed by atoms with E-state index in [1.165, 1.54) is 21.1 Å². The summed E-state index contributed by atoms with van der Waals surface area (Å²) in [6.07, 6.45) is 1.45. The minimum absolute atomic E-state index is 0.102. The molecule has 7 nitrogen and oxygen atoms in total. The third-order valence-corrected chi connectivity index (χ3v) is 6.41. The normalized spacial score (nSPS) is 11.9. The van der Waals surface area contributed by atoms with Gasteiger partial charge in [0.25, 0.3) is 5.91 Å². The standard InChI is InChI=1S/C19H22N4O3S/c1-4-23(5-2)27(25,26)15-12-17(22(3)13-15)19(24)21-18-11-10-14-8-6-7-9-16(14)20-18/h6-13H,4-5H2,1-3H3,(H,20,21,24). The van der Waals surface area contributed by atoms with Crippen LogP contribution in [0.3, 0.4) is 0 Å². The number of pyridine rings is 1. The van der Waals surface area contributed by atoms with Gasteiger partial charge in [0.05, 0.1) is 5.52 Å². The Morgan fingerprint density at radius 3 is 2.56 bits per heavy atom. The first-order chi connectivity index (χ1) is 12.9. The molecule has 0 bridgehead atoms. The Balaban J connectivity index is 1.87. The number of rotatable bonds is 6. The highest BCUT2D eigenvalue weighted by molar-refractivity contribution is 7.89. The third-order valence-electron chi connectivity index (χ3n) is 4.40. The van der Waals surface area contributed by atoms with Crippen LogP contribution in [0, 0.1) is 0 Å². The molecule has 1 amide bonds. The van der Waals surface area contributed by atoms with Gasteiger partial charge in [-0.25, -0.2) is 13.4 Å². The number of nitrogens with one attached hydrogen (secondary N) is 1. The van der Waals surface area contributed by atoms with E-state index in [4.69, 9.17) is 0 Å². The zero-order valence-electron chi connectivity index (χ0n) is 15.5. The number of nitrogens with zero attached hydrogens (tertiary/aromatic N) is 3. The highest BCUT2D eigenvalue weighted by Crippen LogP contribution is 2.20. The van der Waals surface area contributed by atoms with Gasteiger partial charge in [0, 0.05) is 31.7 Å². The number of sulfonamides is 1. The van der Waals surface area contributed by atoms with E-state index in [9.17, 15) is 13.2 Å². The van der Waals surface area contributed by atoms with E-state index in [-0.39, 0.29) is 10.6 Å². The Morgan fingerprint density at radius 1 is 1.15 bits per heavy atom. The second kappa shape index (κ2) is 7.50. The molecule has 2 heterocycles. The number of hydrogen-bond acceptors (Lipinski definition) is 4. The van der Waals surface area contributed by atoms with Crippen LogP contribution < -0.4 is 5.32 Å². The van der Waals surface area contributed by atoms with Gasteiger partial charge in [0.2, 0.25) is 10.0 Å². The van der Waals surface area contributed by atoms with Crippen molar-refractivity contribution in [3.63, 3.8) is 0 Å². The Labute approximate surface area is 158 Å². The van der Waals surface area contributed by atoms with Gasteiger partial charge < -0.3 is 9.88 Å². The molecule has 0 fully saturated rings. The Bertz CT molecular complexity index is 1090. The Morgan fingerprint density at radius 2 is 1.85 bits per heavy atom. The molecule has 0 unspecified atom stereocenters. The van der Waals surface area contributed by atoms with Crippen LogP contribution in [0.2, 0.25) is 0 Å². The van der Waals surface area contributed by atoms with Crippen molar-refractivity contribution in [1.82, 2.24) is 13.9 Å². The number of fused-ring (bicyclic) bond motifs is 1. The van der Waals surface area contributed by atoms with Crippen molar-refractivity contribution in [2.24, 2.45) is 7.05 Å². The Hall–Kier alpha value is -2.71. The number of carbonyl (C=O) groups is 1. The van der Waals surface area contributed by atoms with Crippen LogP contribution in [-0.2, 0) is 17.1 Å². The summed E-state index contributed by atoms with van der Waals surface area (Å²) in [5.74, 6) is -0.00525. The van der Waals surface area contributed by atoms with Gasteiger partial charge in [-0.15, -0.1) is 0 Å². The van der Waals surface area contributed by atoms with Gasteiger partial charge in [-0.3, -0.25) is 4.79 Å². The zero-order valence-corrected chi connectivity index (χ0v) is 16.3. The number of carbonyl (C=O) groups excluding carboxylic acids is 1. The second-order valence-electron chi connectivity index (χ2n) is 6.10. The average Bonchev–Trinajstić information content (AvgIpc) is 3.05. The largest absolute Gasteiger partial charge is 0.345 e. The van der Waals surface area contributed by atoms with Crippen molar-refractivity contribution in [3.8, 4) is 0 Å². The molecule has 3 rings (SSSR count). The summed E-state index contributed by atoms with van der Waals surface area (Å²) >= 11 is 0. The van der Waals surface area contributed by atoms with Crippen molar-refractivity contribution in [2.45, 2.75) is 18.7 Å². The summed E-state index contributed by atoms with van der Waals surface area (Å²) in [6.45, 7) is 4.30. The van der Waals surface area contributed by atoms with E-state index in [1.807, 2.05) is 30.3 Å². The molecule has 1 aromatic carbocycles. The molecular weight excluding hydrogens is 364 g/mol. The molecule has 1 N–H and O–H groups in total. The van der Waals surface area contributed by atoms with Crippen LogP contribution in [0.25, 0.3) is 10.9 Å². The maximum absolute atomic E-state index is 12.7. The monoisotopic (exact) mass is 386 g/mol. The van der Waals surface area contributed by atoms with Gasteiger partial charge in [-0.05, 0) is 24.3 Å². The molecule has 27 heavy (non-hydrogen) atoms. The maximum atomic E-state index is 12.7. The van der Waals surface area contributed by atoms with Crippen molar-refractivity contribution >= 4 is 32.7 Å². The second-order valence-corrected chi connectivity index (χ2v) is 8.04. The number of amides is 1. The summed E-state index contributed by atoms with van der Waals surface area (Å²) in [5.41, 5.74) is 1.02. The quantitative estimate of drug-likeness (QED) is 0.706. The maximum Gasteiger partial charge on any atom is 0.273 e. The van der Waals surface area contributed by atoms with Gasteiger partial charge in [-0.1, -0.05) is 32.0 Å². The van der Waals surface area contributed by atoms with Crippen LogP contribution in [-0.4, -0.2) is 41.3 Å². The van der Waals surface area contributed by atoms with Gasteiger partial charge in [-0.2, -0.15) is 4.31 Å². The topological polar surface area (TPSA) is 84.3 Å². The average molecular weight is 386 g/mol. The molecule has 0 saturated carbocycles. The molecule has 142 valence electrons. The predicted molar refractivity (Wildman–Crippen MR) is 105 cm³/mol. The van der Waals surface area contributed by atoms with Crippen molar-refractivity contribution in [1.29, 1.82) is 0 Å². The molecule has 0 atom stereocenters. The first kappa shape index (κ1) is 19.1. The fourth-order valence-electron chi connectivity index (χ4n) is 2.93. The summed E-state index contributed by atoms with van der Waals surface area (Å²) in [7, 11) is -1.98. The third kappa shape index (κ3) is 3.72. The number of benzene rings is 1. The number of para-hydroxylation sites is 1. The van der Waals surface area contributed by atoms with Crippen LogP contribution in [0.4, 0.5) is 5.82 Å². The molecule has 0 radical (unpaired) electrons. The van der Waals surface area contributed by atoms with E-state index in [1.54, 1.807) is 27.0 Å². The Kier molecular flexibility index (Phi) is 5.29. The SMILES string of the molecule is CCN(CC)S(=O)(=O)c1cc(C(=O)Nc2ccc3ccccc3n2)n(C)c1. The lowest BCUT2D eigenvalue weighted by atomic mass is 10.2. The first-order valence-corrected chi connectivity index (χ1v) is 10.1. The van der Waals surface area contributed by atoms with Gasteiger partial charge >= 0.3 is 0 Å². The van der Waals surface area contributed by atoms with Gasteiger partial charge in [0.1, 0.15) is 16.4 Å². The predicted octanol–water partition coefficient (Wildman–Crippen LogP) is 2.86. The van der Waals surface area contributed by atoms with Crippen molar-refractivity contribution < 1.29 is 13.2 Å². The van der Waals surface area contributed by atoms with Crippen LogP contribution in [0.15, 0.2) is 53.6 Å². The van der Waals surface area contributed by atoms with Gasteiger partial charge in [0.15, 0.2) is 0 Å². The van der Waals surface area contributed by atoms with Crippen molar-refractivity contribution in [2.75, 3.05) is 18.4 Å². The lowest BCUT2D eigenvalue weighted by Gasteiger charge is -2.17. The molecule has 0 spiro atoms. The lowest BCUT2D eigenvalue weighted by molar-refractivity contribution is 0.101. The summed E-state index contributed by atoms with van der Waals surface area (Å²) in [6, 6.07) is 12.6. The van der Waals surface area contributed by atoms with E-state index in [2.05, 4.69) is 10.3 Å². The van der Waals surface area contributed by atoms with Crippen molar-refractivity contribution in [3.05, 3.63) is 54.4 Å². The summed E-state index contributed by atoms with van der Waals surface area (Å²) in [4.78, 5) is 17.2. The number of hydrogen-bond donors (Lipinski definition) is 1. The fourth-order valence-corrected chi connectivity index (χ4v) is 4.46. The molecule has 0 aliphatic heterocycles. The smallest absolute Gasteiger partial charge is 0.273 e. The minimum atomic E-state index is -3.62. The summed E-state index contributed by atoms with van der Waals surface area (Å²) in [5, 5.41) is 3.71. The van der Waals surface area contributed by atoms with Crippen LogP contribution in [0.1, 0.15) is 24.3 Å². The minimum Gasteiger partial charge on any atom is -0.345 e. The van der Waals surface area contributed by atoms with Crippen LogP contribution in [0.5, 0.6) is 0 Å². The van der Waals surface area contributed by atoms with E-state index in [0.717, 1.165) is 10.9 Å². The molecule has 0 aliphatic carbocycles. The summed E-state index contributed by atoms with van der Waals surface area (Å²) < 4.78 is 28.2. The number of aromatic nitrogens is 2. The molecule has 0 aliphatic rings. The zero-order chi connectivity index (χ0) is 19.6. The molecule has 3 aromatic rings. The van der Waals surface area contributed by atoms with E-state index >= 15 is 0 Å². The fraction of sp³-hybridized carbons (Fsp3) is 0.263. The van der Waals surface area contributed by atoms with E-state index in [0.29, 0.717) is 18.9 Å². The number of anilines is 1. The lowest BCUT2D eigenvalue weighted by Crippen LogP contribution is -2.30. The molecule has 0 saturated heterocycles. The molecule has 8 heteroatoms. The highest BCUT2D eigenvalue weighted by atomic mass is 32.2.